The van der Waals surface area contributed by atoms with Crippen molar-refractivity contribution in [2.75, 3.05) is 17.2 Å². The maximum absolute atomic E-state index is 15.0. The minimum absolute atomic E-state index is 0.0190. The maximum Gasteiger partial charge on any atom is 0.410 e. The van der Waals surface area contributed by atoms with Gasteiger partial charge in [0.15, 0.2) is 16.1 Å². The molecular weight excluding hydrogens is 453 g/mol. The van der Waals surface area contributed by atoms with Crippen LogP contribution in [-0.2, 0) is 11.2 Å². The van der Waals surface area contributed by atoms with Gasteiger partial charge in [0.05, 0.1) is 29.2 Å². The molecule has 32 heavy (non-hydrogen) atoms. The van der Waals surface area contributed by atoms with Crippen molar-refractivity contribution in [2.24, 2.45) is 0 Å². The van der Waals surface area contributed by atoms with E-state index >= 15 is 4.39 Å². The Hall–Kier alpha value is -1.87. The van der Waals surface area contributed by atoms with Crippen LogP contribution >= 0.6 is 23.4 Å². The molecule has 5 heterocycles. The van der Waals surface area contributed by atoms with Crippen LogP contribution in [0.3, 0.4) is 0 Å². The predicted molar refractivity (Wildman–Crippen MR) is 123 cm³/mol. The molecule has 2 aromatic rings. The van der Waals surface area contributed by atoms with Crippen molar-refractivity contribution in [3.63, 3.8) is 0 Å². The molecule has 2 bridgehead atoms. The molecule has 3 atom stereocenters. The Morgan fingerprint density at radius 1 is 1.22 bits per heavy atom. The lowest BCUT2D eigenvalue weighted by molar-refractivity contribution is 0.00722. The van der Waals surface area contributed by atoms with E-state index in [9.17, 15) is 4.79 Å². The highest BCUT2D eigenvalue weighted by molar-refractivity contribution is 7.99. The van der Waals surface area contributed by atoms with E-state index in [0.717, 1.165) is 30.7 Å². The number of fused-ring (bicyclic) bond motifs is 5. The summed E-state index contributed by atoms with van der Waals surface area (Å²) in [5.41, 5.74) is 0.420. The Morgan fingerprint density at radius 2 is 2.00 bits per heavy atom. The fraction of sp³-hybridized carbons (Fsp3) is 0.636. The van der Waals surface area contributed by atoms with Gasteiger partial charge >= 0.3 is 6.09 Å². The van der Waals surface area contributed by atoms with E-state index in [-0.39, 0.29) is 34.9 Å². The van der Waals surface area contributed by atoms with E-state index in [4.69, 9.17) is 21.3 Å². The van der Waals surface area contributed by atoms with Crippen LogP contribution in [0.5, 0.6) is 0 Å². The number of hydrogen-bond acceptors (Lipinski definition) is 7. The molecule has 2 aromatic heterocycles. The lowest BCUT2D eigenvalue weighted by Gasteiger charge is -2.47. The Labute approximate surface area is 196 Å². The number of nitrogens with zero attached hydrogens (tertiary/aromatic N) is 5. The number of piperazine rings is 1. The van der Waals surface area contributed by atoms with E-state index < -0.39 is 11.4 Å². The van der Waals surface area contributed by atoms with Crippen molar-refractivity contribution >= 4 is 46.2 Å². The summed E-state index contributed by atoms with van der Waals surface area (Å²) in [4.78, 5) is 30.9. The maximum atomic E-state index is 15.0. The van der Waals surface area contributed by atoms with Crippen molar-refractivity contribution in [3.8, 4) is 0 Å². The summed E-state index contributed by atoms with van der Waals surface area (Å²) in [6.07, 6.45) is 2.97. The highest BCUT2D eigenvalue weighted by Crippen LogP contribution is 2.44. The summed E-state index contributed by atoms with van der Waals surface area (Å²) < 4.78 is 20.7. The number of amides is 1. The SMILES string of the molecule is CCSc1nc2c3c(nc(Cl)c(F)c3n1)CC[C@H]1[C@@H]3CC[C@H](CN21)N3C(=O)OC(C)(C)C. The van der Waals surface area contributed by atoms with Crippen LogP contribution < -0.4 is 4.90 Å². The third-order valence-corrected chi connectivity index (χ3v) is 7.38. The quantitative estimate of drug-likeness (QED) is 0.347. The number of halogens is 2. The number of anilines is 1. The van der Waals surface area contributed by atoms with E-state index in [1.54, 1.807) is 0 Å². The second-order valence-corrected chi connectivity index (χ2v) is 11.2. The normalized spacial score (nSPS) is 24.5. The van der Waals surface area contributed by atoms with Crippen LogP contribution in [0.4, 0.5) is 15.0 Å². The first-order chi connectivity index (χ1) is 15.2. The number of rotatable bonds is 2. The van der Waals surface area contributed by atoms with Gasteiger partial charge in [0.2, 0.25) is 0 Å². The van der Waals surface area contributed by atoms with Crippen LogP contribution in [0.2, 0.25) is 5.15 Å². The Bertz CT molecular complexity index is 1090. The highest BCUT2D eigenvalue weighted by atomic mass is 35.5. The third-order valence-electron chi connectivity index (χ3n) is 6.41. The molecule has 5 rings (SSSR count). The summed E-state index contributed by atoms with van der Waals surface area (Å²) >= 11 is 7.61. The molecule has 2 saturated heterocycles. The summed E-state index contributed by atoms with van der Waals surface area (Å²) in [6.45, 7) is 8.31. The first-order valence-corrected chi connectivity index (χ1v) is 12.5. The Kier molecular flexibility index (Phi) is 5.40. The van der Waals surface area contributed by atoms with Crippen molar-refractivity contribution < 1.29 is 13.9 Å². The first-order valence-electron chi connectivity index (χ1n) is 11.1. The van der Waals surface area contributed by atoms with Gasteiger partial charge in [-0.05, 0) is 52.2 Å². The van der Waals surface area contributed by atoms with Crippen LogP contribution in [0.25, 0.3) is 10.9 Å². The molecule has 0 saturated carbocycles. The number of aryl methyl sites for hydroxylation is 1. The predicted octanol–water partition coefficient (Wildman–Crippen LogP) is 4.83. The van der Waals surface area contributed by atoms with Gasteiger partial charge < -0.3 is 9.64 Å². The highest BCUT2D eigenvalue weighted by Gasteiger charge is 2.51. The van der Waals surface area contributed by atoms with Crippen molar-refractivity contribution in [1.82, 2.24) is 19.9 Å². The zero-order chi connectivity index (χ0) is 22.8. The van der Waals surface area contributed by atoms with E-state index in [1.165, 1.54) is 11.8 Å². The van der Waals surface area contributed by atoms with Crippen molar-refractivity contribution in [2.45, 2.75) is 82.3 Å². The Morgan fingerprint density at radius 3 is 2.72 bits per heavy atom. The van der Waals surface area contributed by atoms with Crippen LogP contribution in [0.1, 0.15) is 52.7 Å². The second-order valence-electron chi connectivity index (χ2n) is 9.59. The third kappa shape index (κ3) is 3.57. The molecule has 3 aliphatic rings. The zero-order valence-corrected chi connectivity index (χ0v) is 20.3. The number of carbonyl (C=O) groups excluding carboxylic acids is 1. The molecular formula is C22H27ClFN5O2S. The van der Waals surface area contributed by atoms with Gasteiger partial charge in [-0.3, -0.25) is 4.90 Å². The molecule has 2 fully saturated rings. The van der Waals surface area contributed by atoms with Crippen LogP contribution in [-0.4, -0.2) is 62.0 Å². The van der Waals surface area contributed by atoms with Gasteiger partial charge in [-0.2, -0.15) is 0 Å². The number of hydrogen-bond donors (Lipinski definition) is 0. The van der Waals surface area contributed by atoms with Gasteiger partial charge in [0.25, 0.3) is 0 Å². The van der Waals surface area contributed by atoms with E-state index in [1.807, 2.05) is 32.6 Å². The molecule has 10 heteroatoms. The molecule has 0 aliphatic carbocycles. The number of thioether (sulfide) groups is 1. The molecule has 1 amide bonds. The fourth-order valence-corrected chi connectivity index (χ4v) is 6.03. The first kappa shape index (κ1) is 21.9. The Balaban J connectivity index is 1.60. The molecule has 0 spiro atoms. The summed E-state index contributed by atoms with van der Waals surface area (Å²) in [7, 11) is 0. The topological polar surface area (TPSA) is 71.5 Å². The minimum atomic E-state index is -0.596. The summed E-state index contributed by atoms with van der Waals surface area (Å²) in [6, 6.07) is 0.102. The van der Waals surface area contributed by atoms with Crippen LogP contribution in [0.15, 0.2) is 5.16 Å². The number of aromatic nitrogens is 3. The van der Waals surface area contributed by atoms with Gasteiger partial charge in [0, 0.05) is 6.54 Å². The molecule has 0 aromatic carbocycles. The van der Waals surface area contributed by atoms with Crippen LogP contribution in [0, 0.1) is 5.82 Å². The lowest BCUT2D eigenvalue weighted by Crippen LogP contribution is -2.62. The average molecular weight is 480 g/mol. The molecule has 0 radical (unpaired) electrons. The summed E-state index contributed by atoms with van der Waals surface area (Å²) in [5.74, 6) is 0.896. The van der Waals surface area contributed by atoms with Crippen molar-refractivity contribution in [1.29, 1.82) is 0 Å². The fourth-order valence-electron chi connectivity index (χ4n) is 5.27. The second kappa shape index (κ2) is 7.87. The van der Waals surface area contributed by atoms with E-state index in [0.29, 0.717) is 29.3 Å². The summed E-state index contributed by atoms with van der Waals surface area (Å²) in [5, 5.41) is 1.03. The van der Waals surface area contributed by atoms with Gasteiger partial charge in [-0.25, -0.2) is 24.1 Å². The zero-order valence-electron chi connectivity index (χ0n) is 18.7. The average Bonchev–Trinajstić information content (AvgIpc) is 2.95. The standard InChI is InChI=1S/C22H27ClFN5O2S/c1-5-32-20-26-17-15-12(25-18(23)16(17)24)7-9-13-14-8-6-11(10-28(13)19(15)27-20)29(14)21(30)31-22(2,3)4/h11,13-14H,5-10H2,1-4H3/t11-,13+,14+/m1/s1. The van der Waals surface area contributed by atoms with Gasteiger partial charge in [-0.1, -0.05) is 30.3 Å². The molecule has 0 N–H and O–H groups in total. The largest absolute Gasteiger partial charge is 0.444 e. The lowest BCUT2D eigenvalue weighted by atomic mass is 9.98. The molecule has 172 valence electrons. The van der Waals surface area contributed by atoms with Gasteiger partial charge in [-0.15, -0.1) is 0 Å². The smallest absolute Gasteiger partial charge is 0.410 e. The number of carbonyl (C=O) groups is 1. The molecule has 0 unspecified atom stereocenters. The number of ether oxygens (including phenoxy) is 1. The molecule has 3 aliphatic heterocycles. The monoisotopic (exact) mass is 479 g/mol. The van der Waals surface area contributed by atoms with Crippen molar-refractivity contribution in [3.05, 3.63) is 16.7 Å². The molecule has 7 nitrogen and oxygen atoms in total. The minimum Gasteiger partial charge on any atom is -0.444 e. The number of pyridine rings is 1. The van der Waals surface area contributed by atoms with Gasteiger partial charge in [0.1, 0.15) is 16.9 Å². The van der Waals surface area contributed by atoms with E-state index in [2.05, 4.69) is 14.9 Å².